The summed E-state index contributed by atoms with van der Waals surface area (Å²) in [6.07, 6.45) is 8.59. The molecule has 0 amide bonds. The highest BCUT2D eigenvalue weighted by Gasteiger charge is 2.35. The molecule has 0 radical (unpaired) electrons. The molecule has 0 aromatic rings. The monoisotopic (exact) mass is 110 g/mol. The molecule has 1 aliphatic carbocycles. The Hall–Kier alpha value is -0.260. The molecular weight excluding hydrogens is 96.1 g/mol. The van der Waals surface area contributed by atoms with Crippen molar-refractivity contribution in [2.75, 3.05) is 0 Å². The van der Waals surface area contributed by atoms with E-state index in [1.807, 2.05) is 0 Å². The molecule has 0 spiro atoms. The molecule has 0 heterocycles. The van der Waals surface area contributed by atoms with Gasteiger partial charge in [0.1, 0.15) is 0 Å². The maximum atomic E-state index is 2.35. The van der Waals surface area contributed by atoms with Crippen LogP contribution in [0.1, 0.15) is 33.1 Å². The molecule has 0 aromatic heterocycles. The van der Waals surface area contributed by atoms with Crippen LogP contribution in [-0.2, 0) is 0 Å². The van der Waals surface area contributed by atoms with Gasteiger partial charge in [-0.3, -0.25) is 0 Å². The van der Waals surface area contributed by atoms with Crippen molar-refractivity contribution < 1.29 is 0 Å². The van der Waals surface area contributed by atoms with Crippen LogP contribution in [0.5, 0.6) is 0 Å². The smallest absolute Gasteiger partial charge is 0.0291 e. The number of hydrogen-bond acceptors (Lipinski definition) is 0. The van der Waals surface area contributed by atoms with Crippen LogP contribution in [0.3, 0.4) is 0 Å². The first-order valence-corrected chi connectivity index (χ1v) is 3.38. The first-order chi connectivity index (χ1) is 3.77. The normalized spacial score (nSPS) is 24.2. The van der Waals surface area contributed by atoms with Gasteiger partial charge in [-0.1, -0.05) is 19.1 Å². The summed E-state index contributed by atoms with van der Waals surface area (Å²) in [5.74, 6) is 0. The summed E-state index contributed by atoms with van der Waals surface area (Å²) in [5.41, 5.74) is 0.715. The average molecular weight is 110 g/mol. The van der Waals surface area contributed by atoms with Crippen molar-refractivity contribution in [3.05, 3.63) is 12.2 Å². The van der Waals surface area contributed by atoms with Gasteiger partial charge in [0.2, 0.25) is 0 Å². The fourth-order valence-corrected chi connectivity index (χ4v) is 0.820. The molecule has 8 heavy (non-hydrogen) atoms. The van der Waals surface area contributed by atoms with Crippen LogP contribution >= 0.6 is 0 Å². The summed E-state index contributed by atoms with van der Waals surface area (Å²) in [6, 6.07) is 0. The predicted molar refractivity (Wildman–Crippen MR) is 36.8 cm³/mol. The fourth-order valence-electron chi connectivity index (χ4n) is 0.820. The van der Waals surface area contributed by atoms with Gasteiger partial charge in [0.15, 0.2) is 0 Å². The van der Waals surface area contributed by atoms with Gasteiger partial charge in [0, 0.05) is 0 Å². The molecule has 0 nitrogen and oxygen atoms in total. The second kappa shape index (κ2) is 1.93. The molecule has 0 atom stereocenters. The van der Waals surface area contributed by atoms with Crippen molar-refractivity contribution in [3.63, 3.8) is 0 Å². The van der Waals surface area contributed by atoms with Crippen LogP contribution in [0.15, 0.2) is 12.2 Å². The topological polar surface area (TPSA) is 0 Å². The Labute approximate surface area is 51.6 Å². The zero-order valence-electron chi connectivity index (χ0n) is 5.78. The van der Waals surface area contributed by atoms with E-state index in [9.17, 15) is 0 Å². The zero-order chi connectivity index (χ0) is 6.04. The molecule has 0 aromatic carbocycles. The van der Waals surface area contributed by atoms with E-state index in [2.05, 4.69) is 26.0 Å². The third-order valence-corrected chi connectivity index (χ3v) is 1.95. The van der Waals surface area contributed by atoms with E-state index in [4.69, 9.17) is 0 Å². The van der Waals surface area contributed by atoms with Crippen LogP contribution in [0.2, 0.25) is 0 Å². The predicted octanol–water partition coefficient (Wildman–Crippen LogP) is 2.75. The second-order valence-electron chi connectivity index (χ2n) is 3.08. The largest absolute Gasteiger partial charge is 0.0916 e. The maximum Gasteiger partial charge on any atom is -0.0291 e. The first-order valence-electron chi connectivity index (χ1n) is 3.38. The van der Waals surface area contributed by atoms with Gasteiger partial charge in [-0.25, -0.2) is 0 Å². The molecule has 1 aliphatic rings. The van der Waals surface area contributed by atoms with E-state index >= 15 is 0 Å². The molecule has 1 saturated carbocycles. The Morgan fingerprint density at radius 1 is 1.50 bits per heavy atom. The Bertz CT molecular complexity index is 96.6. The summed E-state index contributed by atoms with van der Waals surface area (Å²) in [5, 5.41) is 0. The van der Waals surface area contributed by atoms with Gasteiger partial charge in [-0.2, -0.15) is 0 Å². The Morgan fingerprint density at radius 3 is 2.50 bits per heavy atom. The highest BCUT2D eigenvalue weighted by molar-refractivity contribution is 4.95. The van der Waals surface area contributed by atoms with Crippen molar-refractivity contribution in [2.24, 2.45) is 5.41 Å². The van der Waals surface area contributed by atoms with Crippen molar-refractivity contribution in [1.29, 1.82) is 0 Å². The lowest BCUT2D eigenvalue weighted by atomic mass is 10.1. The SMILES string of the molecule is CC=CCC1(C)CC1. The molecule has 46 valence electrons. The summed E-state index contributed by atoms with van der Waals surface area (Å²) < 4.78 is 0. The minimum absolute atomic E-state index is 0.715. The number of allylic oxidation sites excluding steroid dienone is 2. The average Bonchev–Trinajstić information content (AvgIpc) is 2.45. The van der Waals surface area contributed by atoms with Crippen molar-refractivity contribution in [3.8, 4) is 0 Å². The Morgan fingerprint density at radius 2 is 2.12 bits per heavy atom. The van der Waals surface area contributed by atoms with Crippen molar-refractivity contribution >= 4 is 0 Å². The fraction of sp³-hybridized carbons (Fsp3) is 0.750. The number of hydrogen-bond donors (Lipinski definition) is 0. The van der Waals surface area contributed by atoms with Crippen LogP contribution < -0.4 is 0 Å². The summed E-state index contributed by atoms with van der Waals surface area (Å²) >= 11 is 0. The Kier molecular flexibility index (Phi) is 1.41. The van der Waals surface area contributed by atoms with E-state index in [-0.39, 0.29) is 0 Å². The van der Waals surface area contributed by atoms with Gasteiger partial charge >= 0.3 is 0 Å². The lowest BCUT2D eigenvalue weighted by molar-refractivity contribution is 0.584. The van der Waals surface area contributed by atoms with Gasteiger partial charge in [0.25, 0.3) is 0 Å². The van der Waals surface area contributed by atoms with E-state index < -0.39 is 0 Å². The molecule has 0 aliphatic heterocycles. The minimum Gasteiger partial charge on any atom is -0.0916 e. The lowest BCUT2D eigenvalue weighted by Gasteiger charge is -1.99. The molecule has 0 unspecified atom stereocenters. The third-order valence-electron chi connectivity index (χ3n) is 1.95. The van der Waals surface area contributed by atoms with Crippen LogP contribution in [0.4, 0.5) is 0 Å². The molecule has 1 rings (SSSR count). The summed E-state index contributed by atoms with van der Waals surface area (Å²) in [4.78, 5) is 0. The second-order valence-corrected chi connectivity index (χ2v) is 3.08. The van der Waals surface area contributed by atoms with Gasteiger partial charge in [-0.05, 0) is 31.6 Å². The van der Waals surface area contributed by atoms with Crippen LogP contribution in [0, 0.1) is 5.41 Å². The molecule has 1 fully saturated rings. The third kappa shape index (κ3) is 1.36. The minimum atomic E-state index is 0.715. The molecule has 0 N–H and O–H groups in total. The van der Waals surface area contributed by atoms with E-state index in [1.165, 1.54) is 19.3 Å². The van der Waals surface area contributed by atoms with Gasteiger partial charge in [0.05, 0.1) is 0 Å². The molecule has 0 saturated heterocycles. The van der Waals surface area contributed by atoms with E-state index in [1.54, 1.807) is 0 Å². The highest BCUT2D eigenvalue weighted by atomic mass is 14.4. The Balaban J connectivity index is 2.19. The van der Waals surface area contributed by atoms with E-state index in [0.717, 1.165) is 0 Å². The quantitative estimate of drug-likeness (QED) is 0.479. The van der Waals surface area contributed by atoms with Gasteiger partial charge < -0.3 is 0 Å². The molecule has 0 bridgehead atoms. The number of rotatable bonds is 2. The maximum absolute atomic E-state index is 2.35. The zero-order valence-corrected chi connectivity index (χ0v) is 5.78. The highest BCUT2D eigenvalue weighted by Crippen LogP contribution is 2.48. The molecular formula is C8H14. The standard InChI is InChI=1S/C8H14/c1-3-4-5-8(2)6-7-8/h3-4H,5-7H2,1-2H3. The first kappa shape index (κ1) is 5.87. The lowest BCUT2D eigenvalue weighted by Crippen LogP contribution is -1.87. The van der Waals surface area contributed by atoms with Crippen LogP contribution in [0.25, 0.3) is 0 Å². The van der Waals surface area contributed by atoms with E-state index in [0.29, 0.717) is 5.41 Å². The van der Waals surface area contributed by atoms with Crippen molar-refractivity contribution in [2.45, 2.75) is 33.1 Å². The van der Waals surface area contributed by atoms with Crippen molar-refractivity contribution in [1.82, 2.24) is 0 Å². The van der Waals surface area contributed by atoms with Crippen LogP contribution in [-0.4, -0.2) is 0 Å². The summed E-state index contributed by atoms with van der Waals surface area (Å²) in [6.45, 7) is 4.44. The van der Waals surface area contributed by atoms with Gasteiger partial charge in [-0.15, -0.1) is 0 Å². The molecule has 0 heteroatoms. The summed E-state index contributed by atoms with van der Waals surface area (Å²) in [7, 11) is 0.